The highest BCUT2D eigenvalue weighted by Crippen LogP contribution is 2.32. The predicted octanol–water partition coefficient (Wildman–Crippen LogP) is 0.555. The van der Waals surface area contributed by atoms with E-state index in [-0.39, 0.29) is 23.0 Å². The maximum absolute atomic E-state index is 13.0. The van der Waals surface area contributed by atoms with Crippen LogP contribution >= 0.6 is 0 Å². The van der Waals surface area contributed by atoms with Crippen LogP contribution in [0.3, 0.4) is 0 Å². The number of amides is 3. The molecule has 0 aliphatic rings. The maximum Gasteiger partial charge on any atom is 0.334 e. The smallest absolute Gasteiger partial charge is 0.334 e. The molecule has 0 spiro atoms. The van der Waals surface area contributed by atoms with E-state index < -0.39 is 28.1 Å². The lowest BCUT2D eigenvalue weighted by atomic mass is 10.1. The molecule has 1 aromatic heterocycles. The summed E-state index contributed by atoms with van der Waals surface area (Å²) >= 11 is 0. The molecule has 0 aliphatic carbocycles. The number of primary amides is 1. The molecule has 12 nitrogen and oxygen atoms in total. The first-order valence-electron chi connectivity index (χ1n) is 8.42. The Morgan fingerprint density at radius 3 is 2.10 bits per heavy atom. The average Bonchev–Trinajstić information content (AvgIpc) is 2.66. The SMILES string of the molecule is COc1cc(OC)nc(N(c2ccc(C)cc2C(=O)N(C)C)S(=O)(=O)NC(N)=O)n1. The van der Waals surface area contributed by atoms with Crippen molar-refractivity contribution in [2.24, 2.45) is 5.73 Å². The molecule has 1 aromatic carbocycles. The molecule has 2 aromatic rings. The molecular formula is C17H22N6O6S. The largest absolute Gasteiger partial charge is 0.481 e. The summed E-state index contributed by atoms with van der Waals surface area (Å²) in [4.78, 5) is 33.4. The average molecular weight is 438 g/mol. The summed E-state index contributed by atoms with van der Waals surface area (Å²) in [7, 11) is 0.994. The zero-order valence-corrected chi connectivity index (χ0v) is 17.8. The van der Waals surface area contributed by atoms with Gasteiger partial charge in [-0.3, -0.25) is 4.79 Å². The van der Waals surface area contributed by atoms with Crippen molar-refractivity contribution in [1.29, 1.82) is 0 Å². The Balaban J connectivity index is 2.87. The molecule has 30 heavy (non-hydrogen) atoms. The molecule has 0 aliphatic heterocycles. The van der Waals surface area contributed by atoms with E-state index in [4.69, 9.17) is 15.2 Å². The van der Waals surface area contributed by atoms with Gasteiger partial charge in [0.25, 0.3) is 11.9 Å². The number of aromatic nitrogens is 2. The third-order valence-electron chi connectivity index (χ3n) is 3.74. The molecule has 1 heterocycles. The minimum atomic E-state index is -4.67. The van der Waals surface area contributed by atoms with Crippen LogP contribution in [0.4, 0.5) is 16.4 Å². The van der Waals surface area contributed by atoms with Gasteiger partial charge in [-0.2, -0.15) is 22.7 Å². The van der Waals surface area contributed by atoms with Gasteiger partial charge in [0.15, 0.2) is 0 Å². The number of hydrogen-bond acceptors (Lipinski definition) is 8. The Kier molecular flexibility index (Phi) is 6.66. The first-order chi connectivity index (χ1) is 14.0. The molecule has 162 valence electrons. The number of nitrogens with zero attached hydrogens (tertiary/aromatic N) is 4. The lowest BCUT2D eigenvalue weighted by molar-refractivity contribution is 0.0828. The number of aryl methyl sites for hydroxylation is 1. The van der Waals surface area contributed by atoms with Crippen molar-refractivity contribution in [3.05, 3.63) is 35.4 Å². The number of benzene rings is 1. The third-order valence-corrected chi connectivity index (χ3v) is 5.04. The van der Waals surface area contributed by atoms with Crippen LogP contribution in [-0.2, 0) is 10.2 Å². The summed E-state index contributed by atoms with van der Waals surface area (Å²) in [5.41, 5.74) is 5.66. The summed E-state index contributed by atoms with van der Waals surface area (Å²) < 4.78 is 38.4. The minimum Gasteiger partial charge on any atom is -0.481 e. The fourth-order valence-corrected chi connectivity index (χ4v) is 3.51. The fraction of sp³-hybridized carbons (Fsp3) is 0.294. The standard InChI is InChI=1S/C17H22N6O6S/c1-10-6-7-12(11(8-10)15(24)22(2)3)23(30(26,27)21-16(18)25)17-19-13(28-4)9-14(20-17)29-5/h6-9H,1-5H3,(H3,18,21,25). The van der Waals surface area contributed by atoms with E-state index in [1.54, 1.807) is 17.7 Å². The molecule has 2 rings (SSSR count). The van der Waals surface area contributed by atoms with Crippen LogP contribution in [0, 0.1) is 6.92 Å². The van der Waals surface area contributed by atoms with Gasteiger partial charge in [0.05, 0.1) is 31.5 Å². The van der Waals surface area contributed by atoms with Crippen molar-refractivity contribution in [2.45, 2.75) is 6.92 Å². The van der Waals surface area contributed by atoms with Gasteiger partial charge in [-0.05, 0) is 19.1 Å². The summed E-state index contributed by atoms with van der Waals surface area (Å²) in [5.74, 6) is -0.938. The van der Waals surface area contributed by atoms with Gasteiger partial charge in [-0.25, -0.2) is 9.52 Å². The molecule has 3 N–H and O–H groups in total. The maximum atomic E-state index is 13.0. The van der Waals surface area contributed by atoms with Gasteiger partial charge in [0.1, 0.15) is 0 Å². The van der Waals surface area contributed by atoms with Crippen LogP contribution in [0.2, 0.25) is 0 Å². The van der Waals surface area contributed by atoms with Crippen LogP contribution in [0.25, 0.3) is 0 Å². The van der Waals surface area contributed by atoms with Crippen LogP contribution in [0.5, 0.6) is 11.8 Å². The van der Waals surface area contributed by atoms with Crippen molar-refractivity contribution in [3.63, 3.8) is 0 Å². The minimum absolute atomic E-state index is 0.0104. The number of hydrogen-bond donors (Lipinski definition) is 2. The molecule has 0 fully saturated rings. The van der Waals surface area contributed by atoms with Crippen molar-refractivity contribution in [3.8, 4) is 11.8 Å². The summed E-state index contributed by atoms with van der Waals surface area (Å²) in [6.07, 6.45) is 0. The topological polar surface area (TPSA) is 157 Å². The zero-order valence-electron chi connectivity index (χ0n) is 17.0. The number of nitrogens with two attached hydrogens (primary N) is 1. The Bertz CT molecular complexity index is 1050. The number of methoxy groups -OCH3 is 2. The molecule has 0 saturated carbocycles. The van der Waals surface area contributed by atoms with E-state index in [0.29, 0.717) is 9.87 Å². The first kappa shape index (κ1) is 22.7. The van der Waals surface area contributed by atoms with Crippen LogP contribution in [-0.4, -0.2) is 63.5 Å². The van der Waals surface area contributed by atoms with Gasteiger partial charge < -0.3 is 20.1 Å². The summed E-state index contributed by atoms with van der Waals surface area (Å²) in [6.45, 7) is 1.74. The van der Waals surface area contributed by atoms with E-state index >= 15 is 0 Å². The van der Waals surface area contributed by atoms with Crippen LogP contribution in [0.1, 0.15) is 15.9 Å². The lowest BCUT2D eigenvalue weighted by Crippen LogP contribution is -2.45. The molecule has 0 atom stereocenters. The molecule has 0 unspecified atom stereocenters. The van der Waals surface area contributed by atoms with Crippen molar-refractivity contribution >= 4 is 33.8 Å². The van der Waals surface area contributed by atoms with Crippen LogP contribution < -0.4 is 24.2 Å². The number of anilines is 2. The Hall–Kier alpha value is -3.61. The molecule has 13 heteroatoms. The van der Waals surface area contributed by atoms with Gasteiger partial charge in [0.2, 0.25) is 11.8 Å². The highest BCUT2D eigenvalue weighted by molar-refractivity contribution is 7.91. The van der Waals surface area contributed by atoms with E-state index in [0.717, 1.165) is 0 Å². The van der Waals surface area contributed by atoms with Gasteiger partial charge in [-0.1, -0.05) is 11.6 Å². The molecular weight excluding hydrogens is 416 g/mol. The Morgan fingerprint density at radius 1 is 1.07 bits per heavy atom. The number of ether oxygens (including phenoxy) is 2. The number of rotatable bonds is 7. The molecule has 0 radical (unpaired) electrons. The molecule has 3 amide bonds. The molecule has 0 bridgehead atoms. The van der Waals surface area contributed by atoms with E-state index in [1.807, 2.05) is 0 Å². The highest BCUT2D eigenvalue weighted by Gasteiger charge is 2.33. The monoisotopic (exact) mass is 438 g/mol. The number of nitrogens with one attached hydrogen (secondary N) is 1. The number of carbonyl (C=O) groups is 2. The second-order valence-electron chi connectivity index (χ2n) is 6.21. The summed E-state index contributed by atoms with van der Waals surface area (Å²) in [5, 5.41) is 0. The number of carbonyl (C=O) groups excluding carboxylic acids is 2. The Labute approximate surface area is 173 Å². The second kappa shape index (κ2) is 8.82. The molecule has 0 saturated heterocycles. The Morgan fingerprint density at radius 2 is 1.63 bits per heavy atom. The van der Waals surface area contributed by atoms with E-state index in [9.17, 15) is 18.0 Å². The van der Waals surface area contributed by atoms with Gasteiger partial charge in [-0.15, -0.1) is 0 Å². The normalized spacial score (nSPS) is 10.8. The zero-order chi connectivity index (χ0) is 22.6. The van der Waals surface area contributed by atoms with Crippen molar-refractivity contribution in [2.75, 3.05) is 32.6 Å². The second-order valence-corrected chi connectivity index (χ2v) is 7.73. The highest BCUT2D eigenvalue weighted by atomic mass is 32.2. The van der Waals surface area contributed by atoms with Crippen molar-refractivity contribution < 1.29 is 27.5 Å². The van der Waals surface area contributed by atoms with E-state index in [2.05, 4.69) is 9.97 Å². The number of urea groups is 1. The quantitative estimate of drug-likeness (QED) is 0.635. The van der Waals surface area contributed by atoms with E-state index in [1.165, 1.54) is 51.4 Å². The van der Waals surface area contributed by atoms with Crippen LogP contribution in [0.15, 0.2) is 24.3 Å². The third kappa shape index (κ3) is 4.86. The van der Waals surface area contributed by atoms with Crippen molar-refractivity contribution in [1.82, 2.24) is 19.6 Å². The summed E-state index contributed by atoms with van der Waals surface area (Å²) in [6, 6.07) is 4.48. The predicted molar refractivity (Wildman–Crippen MR) is 108 cm³/mol. The fourth-order valence-electron chi connectivity index (χ4n) is 2.45. The lowest BCUT2D eigenvalue weighted by Gasteiger charge is -2.25. The first-order valence-corrected chi connectivity index (χ1v) is 9.86. The van der Waals surface area contributed by atoms with Gasteiger partial charge >= 0.3 is 16.2 Å². The van der Waals surface area contributed by atoms with Gasteiger partial charge in [0, 0.05) is 14.1 Å².